The summed E-state index contributed by atoms with van der Waals surface area (Å²) in [6.45, 7) is 0.888. The Labute approximate surface area is 120 Å². The maximum absolute atomic E-state index is 13.7. The third-order valence-electron chi connectivity index (χ3n) is 2.53. The molecule has 0 spiro atoms. The summed E-state index contributed by atoms with van der Waals surface area (Å²) in [6.07, 6.45) is 0.590. The molecule has 0 unspecified atom stereocenters. The van der Waals surface area contributed by atoms with Crippen LogP contribution in [0.2, 0.25) is 0 Å². The predicted octanol–water partition coefficient (Wildman–Crippen LogP) is 1.96. The molecule has 1 rings (SSSR count). The predicted molar refractivity (Wildman–Crippen MR) is 72.4 cm³/mol. The van der Waals surface area contributed by atoms with Crippen LogP contribution in [0.25, 0.3) is 0 Å². The Morgan fingerprint density at radius 3 is 2.53 bits per heavy atom. The number of halogens is 3. The maximum atomic E-state index is 13.7. The lowest BCUT2D eigenvalue weighted by Gasteiger charge is -2.18. The normalized spacial score (nSPS) is 12.1. The minimum atomic E-state index is -3.98. The molecule has 0 saturated carbocycles. The largest absolute Gasteiger partial charge is 0.320 e. The summed E-state index contributed by atoms with van der Waals surface area (Å²) < 4.78 is 51.9. The molecule has 0 heterocycles. The van der Waals surface area contributed by atoms with Crippen molar-refractivity contribution in [2.45, 2.75) is 11.3 Å². The monoisotopic (exact) mass is 356 g/mol. The summed E-state index contributed by atoms with van der Waals surface area (Å²) >= 11 is 2.89. The van der Waals surface area contributed by atoms with Crippen molar-refractivity contribution in [1.29, 1.82) is 0 Å². The van der Waals surface area contributed by atoms with E-state index in [1.54, 1.807) is 7.05 Å². The highest BCUT2D eigenvalue weighted by atomic mass is 79.9. The lowest BCUT2D eigenvalue weighted by molar-refractivity contribution is 0.451. The van der Waals surface area contributed by atoms with Crippen molar-refractivity contribution in [3.8, 4) is 0 Å². The van der Waals surface area contributed by atoms with Gasteiger partial charge in [0.25, 0.3) is 0 Å². The molecule has 0 aliphatic rings. The number of rotatable bonds is 6. The van der Waals surface area contributed by atoms with Gasteiger partial charge in [-0.05, 0) is 42.0 Å². The molecule has 0 bridgehead atoms. The highest BCUT2D eigenvalue weighted by Crippen LogP contribution is 2.28. The molecule has 0 aliphatic heterocycles. The summed E-state index contributed by atoms with van der Waals surface area (Å²) in [4.78, 5) is -0.541. The van der Waals surface area contributed by atoms with Crippen molar-refractivity contribution in [2.24, 2.45) is 0 Å². The molecule has 108 valence electrons. The molecule has 1 aromatic carbocycles. The second-order valence-electron chi connectivity index (χ2n) is 3.98. The zero-order chi connectivity index (χ0) is 14.6. The summed E-state index contributed by atoms with van der Waals surface area (Å²) in [5.41, 5.74) is 0. The lowest BCUT2D eigenvalue weighted by atomic mass is 10.3. The van der Waals surface area contributed by atoms with Gasteiger partial charge in [-0.25, -0.2) is 21.5 Å². The van der Waals surface area contributed by atoms with Gasteiger partial charge in [-0.2, -0.15) is 0 Å². The van der Waals surface area contributed by atoms with Crippen LogP contribution in [0.15, 0.2) is 21.5 Å². The minimum Gasteiger partial charge on any atom is -0.320 e. The molecule has 0 saturated heterocycles. The lowest BCUT2D eigenvalue weighted by Crippen LogP contribution is -2.30. The van der Waals surface area contributed by atoms with Gasteiger partial charge in [0.05, 0.1) is 0 Å². The van der Waals surface area contributed by atoms with Gasteiger partial charge in [-0.15, -0.1) is 0 Å². The Bertz CT molecular complexity index is 529. The topological polar surface area (TPSA) is 49.4 Å². The number of hydrogen-bond donors (Lipinski definition) is 1. The van der Waals surface area contributed by atoms with E-state index >= 15 is 0 Å². The van der Waals surface area contributed by atoms with Crippen molar-refractivity contribution >= 4 is 26.0 Å². The first-order valence-electron chi connectivity index (χ1n) is 5.56. The van der Waals surface area contributed by atoms with E-state index in [9.17, 15) is 17.2 Å². The molecule has 0 atom stereocenters. The van der Waals surface area contributed by atoms with Gasteiger partial charge in [0.1, 0.15) is 16.5 Å². The number of nitrogens with one attached hydrogen (secondary N) is 1. The van der Waals surface area contributed by atoms with Crippen LogP contribution >= 0.6 is 15.9 Å². The Balaban J connectivity index is 3.07. The smallest absolute Gasteiger partial charge is 0.246 e. The number of hydrogen-bond acceptors (Lipinski definition) is 3. The van der Waals surface area contributed by atoms with Crippen LogP contribution in [0.1, 0.15) is 6.42 Å². The average molecular weight is 357 g/mol. The minimum absolute atomic E-state index is 0.120. The average Bonchev–Trinajstić information content (AvgIpc) is 2.27. The zero-order valence-corrected chi connectivity index (χ0v) is 13.0. The molecule has 0 aromatic heterocycles. The third-order valence-corrected chi connectivity index (χ3v) is 5.35. The van der Waals surface area contributed by atoms with Crippen LogP contribution in [0.5, 0.6) is 0 Å². The van der Waals surface area contributed by atoms with Gasteiger partial charge >= 0.3 is 0 Å². The van der Waals surface area contributed by atoms with Crippen molar-refractivity contribution in [3.05, 3.63) is 28.2 Å². The van der Waals surface area contributed by atoms with E-state index in [0.717, 1.165) is 10.4 Å². The Hall–Kier alpha value is -0.570. The molecular formula is C11H15BrF2N2O2S. The zero-order valence-electron chi connectivity index (χ0n) is 10.6. The van der Waals surface area contributed by atoms with Crippen LogP contribution < -0.4 is 5.32 Å². The van der Waals surface area contributed by atoms with Crippen LogP contribution in [-0.4, -0.2) is 39.9 Å². The molecule has 0 radical (unpaired) electrons. The van der Waals surface area contributed by atoms with E-state index in [4.69, 9.17) is 0 Å². The fourth-order valence-corrected chi connectivity index (χ4v) is 3.84. The fourth-order valence-electron chi connectivity index (χ4n) is 1.53. The number of benzene rings is 1. The van der Waals surface area contributed by atoms with E-state index in [-0.39, 0.29) is 11.0 Å². The first-order valence-corrected chi connectivity index (χ1v) is 7.79. The van der Waals surface area contributed by atoms with E-state index in [1.165, 1.54) is 7.05 Å². The number of sulfonamides is 1. The van der Waals surface area contributed by atoms with Gasteiger partial charge in [0, 0.05) is 24.1 Å². The van der Waals surface area contributed by atoms with Crippen LogP contribution in [0.3, 0.4) is 0 Å². The van der Waals surface area contributed by atoms with E-state index < -0.39 is 26.6 Å². The van der Waals surface area contributed by atoms with Gasteiger partial charge in [0.15, 0.2) is 0 Å². The van der Waals surface area contributed by atoms with Gasteiger partial charge in [-0.3, -0.25) is 0 Å². The third kappa shape index (κ3) is 3.95. The van der Waals surface area contributed by atoms with Crippen molar-refractivity contribution in [2.75, 3.05) is 27.2 Å². The SMILES string of the molecule is CNCCCN(C)S(=O)(=O)c1c(F)cc(F)cc1Br. The number of nitrogens with zero attached hydrogens (tertiary/aromatic N) is 1. The summed E-state index contributed by atoms with van der Waals surface area (Å²) in [7, 11) is -0.865. The quantitative estimate of drug-likeness (QED) is 0.792. The maximum Gasteiger partial charge on any atom is 0.246 e. The molecular weight excluding hydrogens is 342 g/mol. The second kappa shape index (κ2) is 6.74. The second-order valence-corrected chi connectivity index (χ2v) is 6.82. The molecule has 0 amide bonds. The van der Waals surface area contributed by atoms with Crippen LogP contribution in [-0.2, 0) is 10.0 Å². The van der Waals surface area contributed by atoms with Crippen molar-refractivity contribution in [3.63, 3.8) is 0 Å². The van der Waals surface area contributed by atoms with Gasteiger partial charge < -0.3 is 5.32 Å². The van der Waals surface area contributed by atoms with E-state index in [2.05, 4.69) is 21.2 Å². The summed E-state index contributed by atoms with van der Waals surface area (Å²) in [5, 5.41) is 2.89. The summed E-state index contributed by atoms with van der Waals surface area (Å²) in [5.74, 6) is -1.94. The Morgan fingerprint density at radius 1 is 1.37 bits per heavy atom. The molecule has 0 fully saturated rings. The highest BCUT2D eigenvalue weighted by molar-refractivity contribution is 9.10. The highest BCUT2D eigenvalue weighted by Gasteiger charge is 2.27. The first-order chi connectivity index (χ1) is 8.80. The van der Waals surface area contributed by atoms with Crippen LogP contribution in [0.4, 0.5) is 8.78 Å². The van der Waals surface area contributed by atoms with Crippen molar-refractivity contribution in [1.82, 2.24) is 9.62 Å². The molecule has 8 heteroatoms. The Morgan fingerprint density at radius 2 is 2.00 bits per heavy atom. The Kier molecular flexibility index (Phi) is 5.84. The standard InChI is InChI=1S/C11H15BrF2N2O2S/c1-15-4-3-5-16(2)19(17,18)11-9(12)6-8(13)7-10(11)14/h6-7,15H,3-5H2,1-2H3. The van der Waals surface area contributed by atoms with E-state index in [0.29, 0.717) is 19.0 Å². The molecule has 4 nitrogen and oxygen atoms in total. The first kappa shape index (κ1) is 16.5. The summed E-state index contributed by atoms with van der Waals surface area (Å²) in [6, 6.07) is 1.48. The molecule has 0 aliphatic carbocycles. The van der Waals surface area contributed by atoms with Crippen molar-refractivity contribution < 1.29 is 17.2 Å². The molecule has 1 N–H and O–H groups in total. The van der Waals surface area contributed by atoms with Crippen LogP contribution in [0, 0.1) is 11.6 Å². The van der Waals surface area contributed by atoms with E-state index in [1.807, 2.05) is 0 Å². The van der Waals surface area contributed by atoms with Gasteiger partial charge in [0.2, 0.25) is 10.0 Å². The molecule has 1 aromatic rings. The van der Waals surface area contributed by atoms with Gasteiger partial charge in [-0.1, -0.05) is 0 Å². The fraction of sp³-hybridized carbons (Fsp3) is 0.455. The molecule has 19 heavy (non-hydrogen) atoms.